The van der Waals surface area contributed by atoms with Crippen molar-refractivity contribution in [1.82, 2.24) is 15.2 Å². The summed E-state index contributed by atoms with van der Waals surface area (Å²) in [5.74, 6) is 5.39. The molecule has 96 valence electrons. The molecule has 0 bridgehead atoms. The van der Waals surface area contributed by atoms with E-state index in [9.17, 15) is 4.39 Å². The fraction of sp³-hybridized carbons (Fsp3) is 0.250. The SMILES string of the molecule is Cc1cc(C(NN)c2c(Br)cnn2C)ccc1F. The smallest absolute Gasteiger partial charge is 0.126 e. The van der Waals surface area contributed by atoms with Gasteiger partial charge in [0.1, 0.15) is 5.82 Å². The van der Waals surface area contributed by atoms with Gasteiger partial charge in [-0.15, -0.1) is 0 Å². The molecule has 0 radical (unpaired) electrons. The number of benzene rings is 1. The highest BCUT2D eigenvalue weighted by Crippen LogP contribution is 2.28. The molecule has 0 saturated carbocycles. The Hall–Kier alpha value is -1.24. The number of aromatic nitrogens is 2. The van der Waals surface area contributed by atoms with Crippen molar-refractivity contribution < 1.29 is 4.39 Å². The number of nitrogens with one attached hydrogen (secondary N) is 1. The summed E-state index contributed by atoms with van der Waals surface area (Å²) in [7, 11) is 1.83. The molecule has 0 fully saturated rings. The first-order valence-electron chi connectivity index (χ1n) is 5.44. The van der Waals surface area contributed by atoms with E-state index in [4.69, 9.17) is 5.84 Å². The van der Waals surface area contributed by atoms with Gasteiger partial charge in [0.25, 0.3) is 0 Å². The molecule has 0 amide bonds. The van der Waals surface area contributed by atoms with Gasteiger partial charge in [0, 0.05) is 7.05 Å². The molecule has 1 heterocycles. The van der Waals surface area contributed by atoms with E-state index in [1.54, 1.807) is 29.9 Å². The second kappa shape index (κ2) is 5.17. The molecular weight excluding hydrogens is 299 g/mol. The minimum atomic E-state index is -0.244. The Balaban J connectivity index is 2.48. The van der Waals surface area contributed by atoms with E-state index in [2.05, 4.69) is 26.5 Å². The van der Waals surface area contributed by atoms with E-state index in [-0.39, 0.29) is 11.9 Å². The highest BCUT2D eigenvalue weighted by atomic mass is 79.9. The summed E-state index contributed by atoms with van der Waals surface area (Å²) in [6.45, 7) is 1.73. The minimum Gasteiger partial charge on any atom is -0.271 e. The molecule has 6 heteroatoms. The van der Waals surface area contributed by atoms with Crippen molar-refractivity contribution in [3.63, 3.8) is 0 Å². The van der Waals surface area contributed by atoms with Crippen molar-refractivity contribution in [2.75, 3.05) is 0 Å². The monoisotopic (exact) mass is 312 g/mol. The standard InChI is InChI=1S/C12H14BrFN4/c1-7-5-8(3-4-10(7)14)11(17-15)12-9(13)6-16-18(12)2/h3-6,11,17H,15H2,1-2H3. The predicted octanol–water partition coefficient (Wildman–Crippen LogP) is 2.18. The Kier molecular flexibility index (Phi) is 3.79. The molecule has 0 aliphatic rings. The molecule has 0 aliphatic carbocycles. The summed E-state index contributed by atoms with van der Waals surface area (Å²) in [6, 6.07) is 4.69. The zero-order chi connectivity index (χ0) is 13.3. The first-order chi connectivity index (χ1) is 8.54. The van der Waals surface area contributed by atoms with E-state index in [0.717, 1.165) is 15.7 Å². The topological polar surface area (TPSA) is 55.9 Å². The van der Waals surface area contributed by atoms with Gasteiger partial charge in [0.15, 0.2) is 0 Å². The zero-order valence-corrected chi connectivity index (χ0v) is 11.7. The van der Waals surface area contributed by atoms with Crippen LogP contribution in [0.15, 0.2) is 28.9 Å². The van der Waals surface area contributed by atoms with Crippen LogP contribution in [0.5, 0.6) is 0 Å². The van der Waals surface area contributed by atoms with Crippen LogP contribution in [0.1, 0.15) is 22.9 Å². The summed E-state index contributed by atoms with van der Waals surface area (Å²) in [6.07, 6.45) is 1.70. The Labute approximate surface area is 113 Å². The maximum atomic E-state index is 13.3. The third-order valence-electron chi connectivity index (χ3n) is 2.89. The van der Waals surface area contributed by atoms with Crippen molar-refractivity contribution in [3.05, 3.63) is 51.5 Å². The molecule has 0 saturated heterocycles. The Morgan fingerprint density at radius 3 is 2.72 bits per heavy atom. The van der Waals surface area contributed by atoms with E-state index < -0.39 is 0 Å². The summed E-state index contributed by atoms with van der Waals surface area (Å²) in [5, 5.41) is 4.15. The maximum absolute atomic E-state index is 13.3. The molecule has 1 atom stereocenters. The lowest BCUT2D eigenvalue weighted by Gasteiger charge is -2.18. The van der Waals surface area contributed by atoms with Crippen LogP contribution < -0.4 is 11.3 Å². The van der Waals surface area contributed by atoms with Gasteiger partial charge in [-0.1, -0.05) is 12.1 Å². The van der Waals surface area contributed by atoms with Gasteiger partial charge in [-0.2, -0.15) is 5.10 Å². The van der Waals surface area contributed by atoms with Crippen LogP contribution >= 0.6 is 15.9 Å². The predicted molar refractivity (Wildman–Crippen MR) is 71.2 cm³/mol. The van der Waals surface area contributed by atoms with E-state index >= 15 is 0 Å². The summed E-state index contributed by atoms with van der Waals surface area (Å²) in [4.78, 5) is 0. The lowest BCUT2D eigenvalue weighted by molar-refractivity contribution is 0.568. The fourth-order valence-electron chi connectivity index (χ4n) is 1.93. The van der Waals surface area contributed by atoms with Crippen LogP contribution in [0.25, 0.3) is 0 Å². The summed E-state index contributed by atoms with van der Waals surface area (Å²) in [5.41, 5.74) is 5.11. The van der Waals surface area contributed by atoms with Crippen LogP contribution in [-0.4, -0.2) is 9.78 Å². The van der Waals surface area contributed by atoms with Gasteiger partial charge in [-0.05, 0) is 40.0 Å². The molecule has 3 N–H and O–H groups in total. The number of hydrogen-bond acceptors (Lipinski definition) is 3. The van der Waals surface area contributed by atoms with Crippen LogP contribution in [-0.2, 0) is 7.05 Å². The zero-order valence-electron chi connectivity index (χ0n) is 10.1. The van der Waals surface area contributed by atoms with Gasteiger partial charge in [-0.3, -0.25) is 10.5 Å². The average Bonchev–Trinajstić information content (AvgIpc) is 2.66. The first kappa shape index (κ1) is 13.2. The first-order valence-corrected chi connectivity index (χ1v) is 6.23. The Bertz CT molecular complexity index is 548. The van der Waals surface area contributed by atoms with Crippen molar-refractivity contribution in [1.29, 1.82) is 0 Å². The molecule has 2 aromatic rings. The molecule has 1 aromatic carbocycles. The maximum Gasteiger partial charge on any atom is 0.126 e. The lowest BCUT2D eigenvalue weighted by Crippen LogP contribution is -2.30. The summed E-state index contributed by atoms with van der Waals surface area (Å²) >= 11 is 3.44. The largest absolute Gasteiger partial charge is 0.271 e. The number of nitrogens with two attached hydrogens (primary N) is 1. The molecule has 1 unspecified atom stereocenters. The highest BCUT2D eigenvalue weighted by Gasteiger charge is 2.20. The van der Waals surface area contributed by atoms with Crippen LogP contribution in [0, 0.1) is 12.7 Å². The third kappa shape index (κ3) is 2.31. The van der Waals surface area contributed by atoms with Gasteiger partial charge < -0.3 is 0 Å². The second-order valence-electron chi connectivity index (χ2n) is 4.11. The van der Waals surface area contributed by atoms with Crippen molar-refractivity contribution in [3.8, 4) is 0 Å². The summed E-state index contributed by atoms with van der Waals surface area (Å²) < 4.78 is 15.9. The number of rotatable bonds is 3. The Morgan fingerprint density at radius 1 is 1.50 bits per heavy atom. The van der Waals surface area contributed by atoms with E-state index in [1.165, 1.54) is 6.07 Å². The quantitative estimate of drug-likeness (QED) is 0.674. The minimum absolute atomic E-state index is 0.224. The van der Waals surface area contributed by atoms with Crippen LogP contribution in [0.4, 0.5) is 4.39 Å². The van der Waals surface area contributed by atoms with E-state index in [1.807, 2.05) is 7.05 Å². The average molecular weight is 313 g/mol. The normalized spacial score (nSPS) is 12.7. The van der Waals surface area contributed by atoms with Gasteiger partial charge >= 0.3 is 0 Å². The fourth-order valence-corrected chi connectivity index (χ4v) is 2.50. The highest BCUT2D eigenvalue weighted by molar-refractivity contribution is 9.10. The van der Waals surface area contributed by atoms with Gasteiger partial charge in [-0.25, -0.2) is 9.82 Å². The second-order valence-corrected chi connectivity index (χ2v) is 4.96. The molecule has 4 nitrogen and oxygen atoms in total. The number of nitrogens with zero attached hydrogens (tertiary/aromatic N) is 2. The number of halogens is 2. The lowest BCUT2D eigenvalue weighted by atomic mass is 10.0. The molecule has 1 aromatic heterocycles. The number of hydrazine groups is 1. The third-order valence-corrected chi connectivity index (χ3v) is 3.50. The van der Waals surface area contributed by atoms with Crippen molar-refractivity contribution >= 4 is 15.9 Å². The van der Waals surface area contributed by atoms with Crippen molar-refractivity contribution in [2.24, 2.45) is 12.9 Å². The molecule has 0 aliphatic heterocycles. The Morgan fingerprint density at radius 2 is 2.22 bits per heavy atom. The molecule has 0 spiro atoms. The molecule has 18 heavy (non-hydrogen) atoms. The van der Waals surface area contributed by atoms with Crippen molar-refractivity contribution in [2.45, 2.75) is 13.0 Å². The van der Waals surface area contributed by atoms with Crippen LogP contribution in [0.2, 0.25) is 0 Å². The molecular formula is C12H14BrFN4. The van der Waals surface area contributed by atoms with E-state index in [0.29, 0.717) is 5.56 Å². The van der Waals surface area contributed by atoms with Crippen LogP contribution in [0.3, 0.4) is 0 Å². The van der Waals surface area contributed by atoms with Gasteiger partial charge in [0.2, 0.25) is 0 Å². The molecule has 2 rings (SSSR count). The number of hydrogen-bond donors (Lipinski definition) is 2. The number of aryl methyl sites for hydroxylation is 2. The van der Waals surface area contributed by atoms with Gasteiger partial charge in [0.05, 0.1) is 22.4 Å².